The van der Waals surface area contributed by atoms with Crippen molar-refractivity contribution < 1.29 is 9.53 Å². The zero-order valence-corrected chi connectivity index (χ0v) is 10.9. The molecule has 0 saturated heterocycles. The van der Waals surface area contributed by atoms with Gasteiger partial charge in [0.15, 0.2) is 0 Å². The van der Waals surface area contributed by atoms with Crippen LogP contribution in [0.15, 0.2) is 24.3 Å². The van der Waals surface area contributed by atoms with Gasteiger partial charge in [-0.25, -0.2) is 0 Å². The molecule has 0 aromatic heterocycles. The minimum absolute atomic E-state index is 0.108. The summed E-state index contributed by atoms with van der Waals surface area (Å²) in [5, 5.41) is 2.79. The Labute approximate surface area is 109 Å². The van der Waals surface area contributed by atoms with E-state index in [4.69, 9.17) is 10.5 Å². The lowest BCUT2D eigenvalue weighted by molar-refractivity contribution is -0.120. The molecule has 0 aliphatic heterocycles. The number of hydrogen-bond donors (Lipinski definition) is 2. The highest BCUT2D eigenvalue weighted by Crippen LogP contribution is 2.08. The lowest BCUT2D eigenvalue weighted by atomic mass is 10.2. The quantitative estimate of drug-likeness (QED) is 0.694. The van der Waals surface area contributed by atoms with E-state index >= 15 is 0 Å². The molecule has 0 fully saturated rings. The van der Waals surface area contributed by atoms with Crippen LogP contribution in [0, 0.1) is 6.92 Å². The van der Waals surface area contributed by atoms with Gasteiger partial charge < -0.3 is 15.8 Å². The van der Waals surface area contributed by atoms with E-state index in [0.29, 0.717) is 13.2 Å². The molecule has 1 aromatic rings. The van der Waals surface area contributed by atoms with Gasteiger partial charge in [0.25, 0.3) is 0 Å². The monoisotopic (exact) mass is 250 g/mol. The first-order chi connectivity index (χ1) is 8.72. The molecule has 3 N–H and O–H groups in total. The predicted octanol–water partition coefficient (Wildman–Crippen LogP) is 2.08. The number of ether oxygens (including phenoxy) is 1. The Morgan fingerprint density at radius 2 is 1.94 bits per heavy atom. The molecule has 0 radical (unpaired) electrons. The second kappa shape index (κ2) is 8.66. The SMILES string of the molecule is Cc1ccc(NC(=O)COCCCCCN)cc1. The molecule has 1 rings (SSSR count). The average molecular weight is 250 g/mol. The number of carbonyl (C=O) groups excluding carboxylic acids is 1. The molecule has 0 heterocycles. The van der Waals surface area contributed by atoms with Gasteiger partial charge in [0, 0.05) is 12.3 Å². The van der Waals surface area contributed by atoms with Crippen LogP contribution in [0.3, 0.4) is 0 Å². The van der Waals surface area contributed by atoms with E-state index in [9.17, 15) is 4.79 Å². The zero-order chi connectivity index (χ0) is 13.2. The molecule has 1 aromatic carbocycles. The number of amides is 1. The van der Waals surface area contributed by atoms with Crippen LogP contribution in [0.5, 0.6) is 0 Å². The van der Waals surface area contributed by atoms with Crippen molar-refractivity contribution in [3.8, 4) is 0 Å². The van der Waals surface area contributed by atoms with Gasteiger partial charge >= 0.3 is 0 Å². The first kappa shape index (κ1) is 14.7. The Balaban J connectivity index is 2.12. The molecular formula is C14H22N2O2. The van der Waals surface area contributed by atoms with E-state index in [1.165, 1.54) is 5.56 Å². The van der Waals surface area contributed by atoms with E-state index in [1.54, 1.807) is 0 Å². The predicted molar refractivity (Wildman–Crippen MR) is 73.5 cm³/mol. The lowest BCUT2D eigenvalue weighted by Crippen LogP contribution is -2.18. The lowest BCUT2D eigenvalue weighted by Gasteiger charge is -2.06. The summed E-state index contributed by atoms with van der Waals surface area (Å²) in [6, 6.07) is 7.69. The molecular weight excluding hydrogens is 228 g/mol. The fraction of sp³-hybridized carbons (Fsp3) is 0.500. The number of aryl methyl sites for hydroxylation is 1. The number of nitrogens with one attached hydrogen (secondary N) is 1. The largest absolute Gasteiger partial charge is 0.372 e. The normalized spacial score (nSPS) is 10.3. The molecule has 0 aliphatic rings. The molecule has 0 aliphatic carbocycles. The minimum Gasteiger partial charge on any atom is -0.372 e. The Morgan fingerprint density at radius 1 is 1.22 bits per heavy atom. The summed E-state index contributed by atoms with van der Waals surface area (Å²) in [7, 11) is 0. The van der Waals surface area contributed by atoms with Gasteiger partial charge in [0.1, 0.15) is 6.61 Å². The van der Waals surface area contributed by atoms with Gasteiger partial charge in [-0.3, -0.25) is 4.79 Å². The first-order valence-corrected chi connectivity index (χ1v) is 6.36. The molecule has 4 heteroatoms. The highest BCUT2D eigenvalue weighted by atomic mass is 16.5. The molecule has 0 saturated carbocycles. The standard InChI is InChI=1S/C14H22N2O2/c1-12-5-7-13(8-6-12)16-14(17)11-18-10-4-2-3-9-15/h5-8H,2-4,9-11,15H2,1H3,(H,16,17). The van der Waals surface area contributed by atoms with Crippen molar-refractivity contribution in [3.63, 3.8) is 0 Å². The summed E-state index contributed by atoms with van der Waals surface area (Å²) in [5.41, 5.74) is 7.36. The van der Waals surface area contributed by atoms with Crippen molar-refractivity contribution in [3.05, 3.63) is 29.8 Å². The van der Waals surface area contributed by atoms with Crippen molar-refractivity contribution in [2.24, 2.45) is 5.73 Å². The Bertz CT molecular complexity index is 349. The maximum absolute atomic E-state index is 11.5. The number of nitrogens with two attached hydrogens (primary N) is 1. The van der Waals surface area contributed by atoms with Crippen LogP contribution in [0.2, 0.25) is 0 Å². The van der Waals surface area contributed by atoms with Gasteiger partial charge in [-0.05, 0) is 44.9 Å². The van der Waals surface area contributed by atoms with Crippen LogP contribution in [0.1, 0.15) is 24.8 Å². The van der Waals surface area contributed by atoms with Gasteiger partial charge in [-0.1, -0.05) is 17.7 Å². The van der Waals surface area contributed by atoms with Crippen molar-refractivity contribution >= 4 is 11.6 Å². The Hall–Kier alpha value is -1.39. The molecule has 18 heavy (non-hydrogen) atoms. The zero-order valence-electron chi connectivity index (χ0n) is 10.9. The van der Waals surface area contributed by atoms with Crippen LogP contribution in [0.25, 0.3) is 0 Å². The summed E-state index contributed by atoms with van der Waals surface area (Å²) in [4.78, 5) is 11.5. The number of unbranched alkanes of at least 4 members (excludes halogenated alkanes) is 2. The van der Waals surface area contributed by atoms with E-state index in [-0.39, 0.29) is 12.5 Å². The third-order valence-electron chi connectivity index (χ3n) is 2.56. The van der Waals surface area contributed by atoms with Gasteiger partial charge in [0.05, 0.1) is 0 Å². The van der Waals surface area contributed by atoms with E-state index < -0.39 is 0 Å². The number of carbonyl (C=O) groups is 1. The van der Waals surface area contributed by atoms with Crippen LogP contribution >= 0.6 is 0 Å². The van der Waals surface area contributed by atoms with Crippen LogP contribution in [-0.4, -0.2) is 25.7 Å². The molecule has 4 nitrogen and oxygen atoms in total. The van der Waals surface area contributed by atoms with Crippen molar-refractivity contribution in [1.82, 2.24) is 0 Å². The fourth-order valence-corrected chi connectivity index (χ4v) is 1.52. The molecule has 100 valence electrons. The third-order valence-corrected chi connectivity index (χ3v) is 2.56. The van der Waals surface area contributed by atoms with Crippen molar-refractivity contribution in [2.45, 2.75) is 26.2 Å². The number of anilines is 1. The molecule has 0 bridgehead atoms. The summed E-state index contributed by atoms with van der Waals surface area (Å²) in [6.45, 7) is 3.45. The summed E-state index contributed by atoms with van der Waals surface area (Å²) in [5.74, 6) is -0.113. The molecule has 1 amide bonds. The minimum atomic E-state index is -0.113. The van der Waals surface area contributed by atoms with Crippen LogP contribution in [0.4, 0.5) is 5.69 Å². The number of hydrogen-bond acceptors (Lipinski definition) is 3. The number of rotatable bonds is 8. The average Bonchev–Trinajstić information content (AvgIpc) is 2.36. The maximum Gasteiger partial charge on any atom is 0.250 e. The summed E-state index contributed by atoms with van der Waals surface area (Å²) >= 11 is 0. The molecule has 0 unspecified atom stereocenters. The van der Waals surface area contributed by atoms with E-state index in [0.717, 1.165) is 24.9 Å². The van der Waals surface area contributed by atoms with E-state index in [1.807, 2.05) is 31.2 Å². The number of benzene rings is 1. The third kappa shape index (κ3) is 6.37. The fourth-order valence-electron chi connectivity index (χ4n) is 1.52. The van der Waals surface area contributed by atoms with Crippen LogP contribution in [-0.2, 0) is 9.53 Å². The first-order valence-electron chi connectivity index (χ1n) is 6.36. The molecule has 0 atom stereocenters. The smallest absolute Gasteiger partial charge is 0.250 e. The van der Waals surface area contributed by atoms with Gasteiger partial charge in [0.2, 0.25) is 5.91 Å². The highest BCUT2D eigenvalue weighted by Gasteiger charge is 2.01. The maximum atomic E-state index is 11.5. The topological polar surface area (TPSA) is 64.3 Å². The van der Waals surface area contributed by atoms with Gasteiger partial charge in [-0.15, -0.1) is 0 Å². The summed E-state index contributed by atoms with van der Waals surface area (Å²) in [6.07, 6.45) is 3.02. The van der Waals surface area contributed by atoms with Crippen molar-refractivity contribution in [2.75, 3.05) is 25.1 Å². The highest BCUT2D eigenvalue weighted by molar-refractivity contribution is 5.91. The second-order valence-corrected chi connectivity index (χ2v) is 4.32. The Kier molecular flexibility index (Phi) is 7.06. The summed E-state index contributed by atoms with van der Waals surface area (Å²) < 4.78 is 5.29. The van der Waals surface area contributed by atoms with Crippen molar-refractivity contribution in [1.29, 1.82) is 0 Å². The van der Waals surface area contributed by atoms with E-state index in [2.05, 4.69) is 5.32 Å². The Morgan fingerprint density at radius 3 is 2.61 bits per heavy atom. The molecule has 0 spiro atoms. The van der Waals surface area contributed by atoms with Crippen LogP contribution < -0.4 is 11.1 Å². The second-order valence-electron chi connectivity index (χ2n) is 4.32. The van der Waals surface area contributed by atoms with Gasteiger partial charge in [-0.2, -0.15) is 0 Å².